The molecule has 0 saturated carbocycles. The molecule has 13 heavy (non-hydrogen) atoms. The maximum Gasteiger partial charge on any atom is 0.129 e. The second kappa shape index (κ2) is 4.56. The number of aliphatic hydroxyl groups excluding tert-OH is 1. The minimum Gasteiger partial charge on any atom is -0.387 e. The van der Waals surface area contributed by atoms with Crippen molar-refractivity contribution in [3.05, 3.63) is 29.0 Å². The van der Waals surface area contributed by atoms with Crippen LogP contribution in [0.4, 0.5) is 0 Å². The Bertz CT molecular complexity index is 280. The molecule has 3 nitrogen and oxygen atoms in total. The molecule has 0 radical (unpaired) electrons. The molecule has 0 bridgehead atoms. The van der Waals surface area contributed by atoms with E-state index in [0.29, 0.717) is 10.7 Å². The summed E-state index contributed by atoms with van der Waals surface area (Å²) in [6.07, 6.45) is 1.62. The minimum absolute atomic E-state index is 0.251. The third-order valence-corrected chi connectivity index (χ3v) is 2.18. The summed E-state index contributed by atoms with van der Waals surface area (Å²) in [4.78, 5) is 3.82. The van der Waals surface area contributed by atoms with Crippen molar-refractivity contribution in [2.24, 2.45) is 5.73 Å². The molecule has 1 aromatic heterocycles. The van der Waals surface area contributed by atoms with Crippen LogP contribution in [0, 0.1) is 0 Å². The summed E-state index contributed by atoms with van der Waals surface area (Å²) in [5, 5.41) is 10.1. The molecule has 2 atom stereocenters. The standard InChI is InChI=1S/C9H13ClN2O/c1-2-7(11)9(13)6-3-4-12-8(10)5-6/h3-5,7,9,13H,2,11H2,1H3/t7-,9-/m1/s1. The summed E-state index contributed by atoms with van der Waals surface area (Å²) < 4.78 is 0. The topological polar surface area (TPSA) is 59.1 Å². The van der Waals surface area contributed by atoms with E-state index >= 15 is 0 Å². The predicted molar refractivity (Wildman–Crippen MR) is 52.5 cm³/mol. The zero-order chi connectivity index (χ0) is 9.84. The van der Waals surface area contributed by atoms with Crippen LogP contribution in [0.1, 0.15) is 25.0 Å². The molecule has 0 spiro atoms. The molecule has 0 amide bonds. The normalized spacial score (nSPS) is 15.4. The van der Waals surface area contributed by atoms with E-state index in [2.05, 4.69) is 4.98 Å². The molecule has 0 aliphatic carbocycles. The van der Waals surface area contributed by atoms with Gasteiger partial charge >= 0.3 is 0 Å². The van der Waals surface area contributed by atoms with Crippen LogP contribution in [0.15, 0.2) is 18.3 Å². The maximum absolute atomic E-state index is 9.70. The van der Waals surface area contributed by atoms with Gasteiger partial charge in [0.1, 0.15) is 5.15 Å². The molecule has 72 valence electrons. The molecule has 0 fully saturated rings. The zero-order valence-electron chi connectivity index (χ0n) is 7.44. The highest BCUT2D eigenvalue weighted by Gasteiger charge is 2.14. The van der Waals surface area contributed by atoms with Crippen LogP contribution in [0.25, 0.3) is 0 Å². The second-order valence-corrected chi connectivity index (χ2v) is 3.32. The number of pyridine rings is 1. The van der Waals surface area contributed by atoms with E-state index in [0.717, 1.165) is 6.42 Å². The Labute approximate surface area is 82.5 Å². The number of hydrogen-bond donors (Lipinski definition) is 2. The first-order valence-electron chi connectivity index (χ1n) is 4.20. The number of aromatic nitrogens is 1. The zero-order valence-corrected chi connectivity index (χ0v) is 8.20. The molecule has 1 rings (SSSR count). The maximum atomic E-state index is 9.70. The van der Waals surface area contributed by atoms with Crippen molar-refractivity contribution in [2.45, 2.75) is 25.5 Å². The Balaban J connectivity index is 2.82. The summed E-state index contributed by atoms with van der Waals surface area (Å²) >= 11 is 5.67. The number of halogens is 1. The molecule has 1 aromatic rings. The van der Waals surface area contributed by atoms with Gasteiger partial charge in [0.25, 0.3) is 0 Å². The van der Waals surface area contributed by atoms with Crippen molar-refractivity contribution in [2.75, 3.05) is 0 Å². The van der Waals surface area contributed by atoms with Gasteiger partial charge in [-0.05, 0) is 24.1 Å². The lowest BCUT2D eigenvalue weighted by molar-refractivity contribution is 0.144. The smallest absolute Gasteiger partial charge is 0.129 e. The fourth-order valence-electron chi connectivity index (χ4n) is 1.07. The Hall–Kier alpha value is -0.640. The molecule has 0 aromatic carbocycles. The Kier molecular flexibility index (Phi) is 3.66. The van der Waals surface area contributed by atoms with Gasteiger partial charge < -0.3 is 10.8 Å². The van der Waals surface area contributed by atoms with Crippen molar-refractivity contribution in [3.8, 4) is 0 Å². The van der Waals surface area contributed by atoms with E-state index in [-0.39, 0.29) is 6.04 Å². The fourth-order valence-corrected chi connectivity index (χ4v) is 1.25. The summed E-state index contributed by atoms with van der Waals surface area (Å²) in [6.45, 7) is 1.93. The molecule has 0 saturated heterocycles. The van der Waals surface area contributed by atoms with Crippen LogP contribution < -0.4 is 5.73 Å². The van der Waals surface area contributed by atoms with Gasteiger partial charge in [-0.2, -0.15) is 0 Å². The first-order valence-corrected chi connectivity index (χ1v) is 4.58. The van der Waals surface area contributed by atoms with Crippen molar-refractivity contribution in [1.29, 1.82) is 0 Å². The van der Waals surface area contributed by atoms with Crippen molar-refractivity contribution >= 4 is 11.6 Å². The van der Waals surface area contributed by atoms with E-state index in [4.69, 9.17) is 17.3 Å². The SMILES string of the molecule is CC[C@@H](N)[C@H](O)c1ccnc(Cl)c1. The quantitative estimate of drug-likeness (QED) is 0.728. The van der Waals surface area contributed by atoms with Gasteiger partial charge in [0.05, 0.1) is 6.10 Å². The van der Waals surface area contributed by atoms with Gasteiger partial charge in [-0.3, -0.25) is 0 Å². The van der Waals surface area contributed by atoms with E-state index in [1.165, 1.54) is 0 Å². The van der Waals surface area contributed by atoms with E-state index in [1.54, 1.807) is 18.3 Å². The number of nitrogens with two attached hydrogens (primary N) is 1. The average Bonchev–Trinajstić information content (AvgIpc) is 2.15. The molecule has 4 heteroatoms. The number of nitrogens with zero attached hydrogens (tertiary/aromatic N) is 1. The molecule has 0 aliphatic rings. The number of aliphatic hydroxyl groups is 1. The molecule has 0 unspecified atom stereocenters. The van der Waals surface area contributed by atoms with Crippen LogP contribution in [-0.2, 0) is 0 Å². The molecular formula is C9H13ClN2O. The molecule has 0 aliphatic heterocycles. The highest BCUT2D eigenvalue weighted by Crippen LogP contribution is 2.18. The van der Waals surface area contributed by atoms with E-state index in [9.17, 15) is 5.11 Å². The van der Waals surface area contributed by atoms with Gasteiger partial charge in [-0.15, -0.1) is 0 Å². The third-order valence-electron chi connectivity index (χ3n) is 1.97. The van der Waals surface area contributed by atoms with Gasteiger partial charge in [0.15, 0.2) is 0 Å². The summed E-state index contributed by atoms with van der Waals surface area (Å²) in [5.41, 5.74) is 6.40. The fraction of sp³-hybridized carbons (Fsp3) is 0.444. The molecular weight excluding hydrogens is 188 g/mol. The Morgan fingerprint density at radius 3 is 2.92 bits per heavy atom. The lowest BCUT2D eigenvalue weighted by Gasteiger charge is -2.17. The number of hydrogen-bond acceptors (Lipinski definition) is 3. The van der Waals surface area contributed by atoms with Gasteiger partial charge in [-0.1, -0.05) is 18.5 Å². The van der Waals surface area contributed by atoms with Gasteiger partial charge in [0.2, 0.25) is 0 Å². The Morgan fingerprint density at radius 1 is 1.69 bits per heavy atom. The van der Waals surface area contributed by atoms with Gasteiger partial charge in [0, 0.05) is 12.2 Å². The molecule has 1 heterocycles. The minimum atomic E-state index is -0.662. The van der Waals surface area contributed by atoms with E-state index < -0.39 is 6.10 Å². The van der Waals surface area contributed by atoms with Crippen LogP contribution in [-0.4, -0.2) is 16.1 Å². The van der Waals surface area contributed by atoms with Crippen LogP contribution >= 0.6 is 11.6 Å². The van der Waals surface area contributed by atoms with Crippen molar-refractivity contribution in [1.82, 2.24) is 4.98 Å². The predicted octanol–water partition coefficient (Wildman–Crippen LogP) is 1.51. The first-order chi connectivity index (χ1) is 6.15. The highest BCUT2D eigenvalue weighted by atomic mass is 35.5. The lowest BCUT2D eigenvalue weighted by Crippen LogP contribution is -2.27. The van der Waals surface area contributed by atoms with Crippen molar-refractivity contribution < 1.29 is 5.11 Å². The first kappa shape index (κ1) is 10.4. The van der Waals surface area contributed by atoms with Gasteiger partial charge in [-0.25, -0.2) is 4.98 Å². The highest BCUT2D eigenvalue weighted by molar-refractivity contribution is 6.29. The van der Waals surface area contributed by atoms with Crippen molar-refractivity contribution in [3.63, 3.8) is 0 Å². The second-order valence-electron chi connectivity index (χ2n) is 2.93. The Morgan fingerprint density at radius 2 is 2.38 bits per heavy atom. The third kappa shape index (κ3) is 2.66. The average molecular weight is 201 g/mol. The lowest BCUT2D eigenvalue weighted by atomic mass is 10.0. The number of rotatable bonds is 3. The summed E-state index contributed by atoms with van der Waals surface area (Å²) in [5.74, 6) is 0. The van der Waals surface area contributed by atoms with Crippen LogP contribution in [0.3, 0.4) is 0 Å². The van der Waals surface area contributed by atoms with E-state index in [1.807, 2.05) is 6.92 Å². The summed E-state index contributed by atoms with van der Waals surface area (Å²) in [7, 11) is 0. The molecule has 3 N–H and O–H groups in total. The monoisotopic (exact) mass is 200 g/mol. The van der Waals surface area contributed by atoms with Crippen LogP contribution in [0.5, 0.6) is 0 Å². The largest absolute Gasteiger partial charge is 0.387 e. The summed E-state index contributed by atoms with van der Waals surface area (Å²) in [6, 6.07) is 3.09. The van der Waals surface area contributed by atoms with Crippen LogP contribution in [0.2, 0.25) is 5.15 Å².